The number of hydrazine groups is 1. The second-order valence-corrected chi connectivity index (χ2v) is 4.11. The Kier molecular flexibility index (Phi) is 2.94. The molecule has 1 aliphatic heterocycles. The minimum atomic E-state index is -0.0237. The zero-order chi connectivity index (χ0) is 10.7. The van der Waals surface area contributed by atoms with Crippen LogP contribution in [0.25, 0.3) is 0 Å². The van der Waals surface area contributed by atoms with Gasteiger partial charge in [-0.15, -0.1) is 0 Å². The van der Waals surface area contributed by atoms with E-state index in [1.54, 1.807) is 6.20 Å². The lowest BCUT2D eigenvalue weighted by molar-refractivity contribution is -0.118. The molecule has 0 unspecified atom stereocenters. The van der Waals surface area contributed by atoms with Gasteiger partial charge in [-0.2, -0.15) is 0 Å². The van der Waals surface area contributed by atoms with Crippen molar-refractivity contribution in [2.24, 2.45) is 0 Å². The summed E-state index contributed by atoms with van der Waals surface area (Å²) < 4.78 is 0. The molecule has 3 N–H and O–H groups in total. The van der Waals surface area contributed by atoms with Crippen LogP contribution in [0, 0.1) is 0 Å². The Hall–Kier alpha value is -1.45. The first-order chi connectivity index (χ1) is 7.27. The zero-order valence-electron chi connectivity index (χ0n) is 8.81. The topological polar surface area (TPSA) is 53.2 Å². The van der Waals surface area contributed by atoms with Crippen molar-refractivity contribution in [2.75, 3.05) is 0 Å². The Balaban J connectivity index is 1.88. The van der Waals surface area contributed by atoms with Gasteiger partial charge in [0.1, 0.15) is 0 Å². The first-order valence-electron chi connectivity index (χ1n) is 5.49. The van der Waals surface area contributed by atoms with Crippen LogP contribution in [0.3, 0.4) is 0 Å². The minimum Gasteiger partial charge on any atom is -0.349 e. The molecule has 0 radical (unpaired) electrons. The predicted molar refractivity (Wildman–Crippen MR) is 58.5 cm³/mol. The molecule has 0 atom stereocenters. The highest BCUT2D eigenvalue weighted by molar-refractivity contribution is 5.98. The summed E-state index contributed by atoms with van der Waals surface area (Å²) in [6.07, 6.45) is 7.60. The van der Waals surface area contributed by atoms with Gasteiger partial charge in [0.05, 0.1) is 11.3 Å². The highest BCUT2D eigenvalue weighted by atomic mass is 16.1. The van der Waals surface area contributed by atoms with E-state index in [4.69, 9.17) is 0 Å². The van der Waals surface area contributed by atoms with Crippen molar-refractivity contribution in [3.8, 4) is 0 Å². The van der Waals surface area contributed by atoms with E-state index in [2.05, 4.69) is 22.7 Å². The fourth-order valence-corrected chi connectivity index (χ4v) is 2.06. The van der Waals surface area contributed by atoms with Crippen molar-refractivity contribution in [2.45, 2.75) is 38.1 Å². The molecule has 1 fully saturated rings. The molecule has 2 rings (SSSR count). The fourth-order valence-electron chi connectivity index (χ4n) is 2.06. The Morgan fingerprint density at radius 1 is 1.40 bits per heavy atom. The van der Waals surface area contributed by atoms with E-state index in [9.17, 15) is 4.79 Å². The summed E-state index contributed by atoms with van der Waals surface area (Å²) in [7, 11) is 0. The molecule has 15 heavy (non-hydrogen) atoms. The number of rotatable bonds is 2. The third-order valence-corrected chi connectivity index (χ3v) is 2.95. The lowest BCUT2D eigenvalue weighted by atomic mass is 9.95. The van der Waals surface area contributed by atoms with Gasteiger partial charge in [-0.25, -0.2) is 0 Å². The van der Waals surface area contributed by atoms with Crippen LogP contribution in [-0.4, -0.2) is 11.9 Å². The molecule has 1 saturated carbocycles. The van der Waals surface area contributed by atoms with Crippen molar-refractivity contribution < 1.29 is 4.79 Å². The number of carbonyl (C=O) groups is 1. The van der Waals surface area contributed by atoms with Crippen LogP contribution in [0.5, 0.6) is 0 Å². The van der Waals surface area contributed by atoms with Crippen LogP contribution < -0.4 is 16.2 Å². The molecule has 1 heterocycles. The van der Waals surface area contributed by atoms with E-state index in [0.29, 0.717) is 17.3 Å². The van der Waals surface area contributed by atoms with Gasteiger partial charge < -0.3 is 16.2 Å². The second-order valence-electron chi connectivity index (χ2n) is 4.11. The Labute approximate surface area is 89.8 Å². The van der Waals surface area contributed by atoms with Gasteiger partial charge in [0, 0.05) is 12.2 Å². The number of amides is 1. The average molecular weight is 207 g/mol. The Morgan fingerprint density at radius 2 is 2.13 bits per heavy atom. The zero-order valence-corrected chi connectivity index (χ0v) is 8.81. The van der Waals surface area contributed by atoms with Crippen LogP contribution in [0.1, 0.15) is 32.1 Å². The second kappa shape index (κ2) is 4.38. The van der Waals surface area contributed by atoms with E-state index in [-0.39, 0.29) is 5.91 Å². The lowest BCUT2D eigenvalue weighted by Crippen LogP contribution is -2.37. The van der Waals surface area contributed by atoms with Crippen molar-refractivity contribution in [3.05, 3.63) is 24.0 Å². The van der Waals surface area contributed by atoms with Gasteiger partial charge in [0.25, 0.3) is 5.91 Å². The first-order valence-corrected chi connectivity index (χ1v) is 5.49. The van der Waals surface area contributed by atoms with Crippen LogP contribution in [-0.2, 0) is 4.79 Å². The van der Waals surface area contributed by atoms with Gasteiger partial charge in [0.15, 0.2) is 0 Å². The van der Waals surface area contributed by atoms with Crippen molar-refractivity contribution in [3.63, 3.8) is 0 Å². The van der Waals surface area contributed by atoms with Gasteiger partial charge in [-0.3, -0.25) is 4.79 Å². The van der Waals surface area contributed by atoms with E-state index >= 15 is 0 Å². The van der Waals surface area contributed by atoms with Gasteiger partial charge >= 0.3 is 0 Å². The van der Waals surface area contributed by atoms with Crippen LogP contribution in [0.4, 0.5) is 0 Å². The van der Waals surface area contributed by atoms with E-state index in [1.165, 1.54) is 19.3 Å². The third kappa shape index (κ3) is 2.32. The van der Waals surface area contributed by atoms with Crippen LogP contribution >= 0.6 is 0 Å². The maximum atomic E-state index is 11.8. The molecule has 0 aromatic rings. The number of hydrogen-bond donors (Lipinski definition) is 3. The molecule has 4 nitrogen and oxygen atoms in total. The highest BCUT2D eigenvalue weighted by Gasteiger charge is 2.21. The smallest absolute Gasteiger partial charge is 0.255 e. The number of hydrogen-bond acceptors (Lipinski definition) is 3. The van der Waals surface area contributed by atoms with E-state index in [0.717, 1.165) is 12.8 Å². The van der Waals surface area contributed by atoms with Crippen molar-refractivity contribution in [1.82, 2.24) is 16.2 Å². The molecule has 4 heteroatoms. The summed E-state index contributed by atoms with van der Waals surface area (Å²) in [4.78, 5) is 11.8. The molecule has 0 aromatic heterocycles. The number of carbonyl (C=O) groups excluding carboxylic acids is 1. The number of nitrogens with one attached hydrogen (secondary N) is 3. The fraction of sp³-hybridized carbons (Fsp3) is 0.545. The molecule has 1 aliphatic carbocycles. The molecule has 0 bridgehead atoms. The summed E-state index contributed by atoms with van der Waals surface area (Å²) in [5.74, 6) is -0.0237. The van der Waals surface area contributed by atoms with E-state index < -0.39 is 0 Å². The van der Waals surface area contributed by atoms with Gasteiger partial charge in [0.2, 0.25) is 0 Å². The SMILES string of the molecule is C=C1NNC=C1C(=O)NC1CCCCC1. The highest BCUT2D eigenvalue weighted by Crippen LogP contribution is 2.18. The molecule has 82 valence electrons. The Morgan fingerprint density at radius 3 is 2.73 bits per heavy atom. The van der Waals surface area contributed by atoms with Crippen molar-refractivity contribution >= 4 is 5.91 Å². The Bertz CT molecular complexity index is 303. The summed E-state index contributed by atoms with van der Waals surface area (Å²) >= 11 is 0. The molecule has 0 saturated heterocycles. The molecule has 1 amide bonds. The van der Waals surface area contributed by atoms with Crippen LogP contribution in [0.15, 0.2) is 24.0 Å². The maximum absolute atomic E-state index is 11.8. The third-order valence-electron chi connectivity index (χ3n) is 2.95. The summed E-state index contributed by atoms with van der Waals surface area (Å²) in [5, 5.41) is 3.04. The maximum Gasteiger partial charge on any atom is 0.255 e. The van der Waals surface area contributed by atoms with E-state index in [1.807, 2.05) is 0 Å². The normalized spacial score (nSPS) is 21.6. The first kappa shape index (κ1) is 10.1. The standard InChI is InChI=1S/C11H17N3O/c1-8-10(7-12-14-8)11(15)13-9-5-3-2-4-6-9/h7,9,12,14H,1-6H2,(H,13,15). The van der Waals surface area contributed by atoms with Gasteiger partial charge in [-0.1, -0.05) is 25.8 Å². The summed E-state index contributed by atoms with van der Waals surface area (Å²) in [5.41, 5.74) is 6.81. The molecule has 0 aromatic carbocycles. The average Bonchev–Trinajstić information content (AvgIpc) is 2.66. The monoisotopic (exact) mass is 207 g/mol. The molecular formula is C11H17N3O. The minimum absolute atomic E-state index is 0.0237. The molecular weight excluding hydrogens is 190 g/mol. The lowest BCUT2D eigenvalue weighted by Gasteiger charge is -2.22. The van der Waals surface area contributed by atoms with Gasteiger partial charge in [-0.05, 0) is 12.8 Å². The van der Waals surface area contributed by atoms with Crippen molar-refractivity contribution in [1.29, 1.82) is 0 Å². The molecule has 0 spiro atoms. The molecule has 2 aliphatic rings. The summed E-state index contributed by atoms with van der Waals surface area (Å²) in [6, 6.07) is 0.348. The van der Waals surface area contributed by atoms with Crippen LogP contribution in [0.2, 0.25) is 0 Å². The largest absolute Gasteiger partial charge is 0.349 e. The predicted octanol–water partition coefficient (Wildman–Crippen LogP) is 0.941. The summed E-state index contributed by atoms with van der Waals surface area (Å²) in [6.45, 7) is 3.75. The quantitative estimate of drug-likeness (QED) is 0.631.